The number of esters is 1. The van der Waals surface area contributed by atoms with E-state index in [1.165, 1.54) is 103 Å². The van der Waals surface area contributed by atoms with Crippen LogP contribution in [0.3, 0.4) is 0 Å². The Kier molecular flexibility index (Phi) is 13.3. The molecule has 0 amide bonds. The molecule has 0 radical (unpaired) electrons. The van der Waals surface area contributed by atoms with Crippen molar-refractivity contribution in [1.29, 1.82) is 0 Å². The summed E-state index contributed by atoms with van der Waals surface area (Å²) in [7, 11) is 0. The Hall–Kier alpha value is -0.530. The van der Waals surface area contributed by atoms with Crippen LogP contribution < -0.4 is 0 Å². The number of unbranched alkanes of at least 4 members (excludes halogenated alkanes) is 15. The lowest BCUT2D eigenvalue weighted by Crippen LogP contribution is -2.42. The maximum absolute atomic E-state index is 11.2. The van der Waals surface area contributed by atoms with Crippen LogP contribution in [0.25, 0.3) is 0 Å². The lowest BCUT2D eigenvalue weighted by molar-refractivity contribution is -0.182. The summed E-state index contributed by atoms with van der Waals surface area (Å²) in [5.74, 6) is 0.236. The van der Waals surface area contributed by atoms with Gasteiger partial charge in [-0.15, -0.1) is 0 Å². The predicted octanol–water partition coefficient (Wildman–Crippen LogP) is 7.20. The number of hydrogen-bond acceptors (Lipinski definition) is 2. The van der Waals surface area contributed by atoms with Crippen LogP contribution in [0, 0.1) is 5.92 Å². The summed E-state index contributed by atoms with van der Waals surface area (Å²) in [5.41, 5.74) is 0. The van der Waals surface area contributed by atoms with Crippen molar-refractivity contribution in [2.24, 2.45) is 5.92 Å². The first kappa shape index (κ1) is 21.5. The molecule has 0 aliphatic carbocycles. The normalized spacial score (nSPS) is 20.0. The van der Waals surface area contributed by atoms with Crippen molar-refractivity contribution < 1.29 is 9.53 Å². The molecule has 0 N–H and O–H groups in total. The first-order valence-electron chi connectivity index (χ1n) is 11.0. The molecular formula is C22H42O2. The molecule has 1 saturated heterocycles. The minimum atomic E-state index is 0.0310. The molecule has 0 spiro atoms. The van der Waals surface area contributed by atoms with E-state index in [4.69, 9.17) is 4.74 Å². The maximum Gasteiger partial charge on any atom is 0.312 e. The number of cyclic esters (lactones) is 1. The fourth-order valence-electron chi connectivity index (χ4n) is 3.74. The number of carbonyl (C=O) groups is 1. The molecule has 0 unspecified atom stereocenters. The second-order valence-corrected chi connectivity index (χ2v) is 7.84. The van der Waals surface area contributed by atoms with E-state index in [0.717, 1.165) is 6.42 Å². The van der Waals surface area contributed by atoms with E-state index < -0.39 is 0 Å². The summed E-state index contributed by atoms with van der Waals surface area (Å²) in [4.78, 5) is 11.2. The number of rotatable bonds is 17. The van der Waals surface area contributed by atoms with Gasteiger partial charge in [-0.25, -0.2) is 0 Å². The Labute approximate surface area is 151 Å². The average molecular weight is 339 g/mol. The zero-order chi connectivity index (χ0) is 17.5. The molecule has 0 bridgehead atoms. The van der Waals surface area contributed by atoms with E-state index in [-0.39, 0.29) is 18.0 Å². The van der Waals surface area contributed by atoms with Crippen molar-refractivity contribution in [3.05, 3.63) is 0 Å². The lowest BCUT2D eigenvalue weighted by atomic mass is 9.92. The largest absolute Gasteiger partial charge is 0.461 e. The topological polar surface area (TPSA) is 26.3 Å². The van der Waals surface area contributed by atoms with Crippen molar-refractivity contribution in [3.63, 3.8) is 0 Å². The molecule has 0 aromatic rings. The van der Waals surface area contributed by atoms with E-state index in [1.807, 2.05) is 6.92 Å². The molecule has 2 nitrogen and oxygen atoms in total. The zero-order valence-electron chi connectivity index (χ0n) is 16.5. The molecule has 0 aromatic carbocycles. The van der Waals surface area contributed by atoms with E-state index >= 15 is 0 Å². The van der Waals surface area contributed by atoms with E-state index in [0.29, 0.717) is 0 Å². The quantitative estimate of drug-likeness (QED) is 0.207. The molecule has 1 rings (SSSR count). The zero-order valence-corrected chi connectivity index (χ0v) is 16.5. The minimum absolute atomic E-state index is 0.0310. The fraction of sp³-hybridized carbons (Fsp3) is 0.955. The predicted molar refractivity (Wildman–Crippen MR) is 103 cm³/mol. The SMILES string of the molecule is CCCCCCCCCCCCCCCCCC[C@H]1C(=O)O[C@H]1C. The van der Waals surface area contributed by atoms with Crippen LogP contribution in [0.4, 0.5) is 0 Å². The lowest BCUT2D eigenvalue weighted by Gasteiger charge is -2.32. The third-order valence-corrected chi connectivity index (χ3v) is 5.54. The van der Waals surface area contributed by atoms with Crippen LogP contribution in [0.2, 0.25) is 0 Å². The van der Waals surface area contributed by atoms with Crippen molar-refractivity contribution in [1.82, 2.24) is 0 Å². The highest BCUT2D eigenvalue weighted by atomic mass is 16.6. The van der Waals surface area contributed by atoms with Gasteiger partial charge in [0.15, 0.2) is 0 Å². The van der Waals surface area contributed by atoms with Gasteiger partial charge in [0, 0.05) is 0 Å². The van der Waals surface area contributed by atoms with E-state index in [9.17, 15) is 4.79 Å². The van der Waals surface area contributed by atoms with Gasteiger partial charge in [0.1, 0.15) is 6.10 Å². The summed E-state index contributed by atoms with van der Waals surface area (Å²) in [6, 6.07) is 0. The van der Waals surface area contributed by atoms with Crippen LogP contribution in [0.15, 0.2) is 0 Å². The smallest absolute Gasteiger partial charge is 0.312 e. The maximum atomic E-state index is 11.2. The molecule has 1 aliphatic rings. The van der Waals surface area contributed by atoms with Gasteiger partial charge >= 0.3 is 5.97 Å². The monoisotopic (exact) mass is 338 g/mol. The van der Waals surface area contributed by atoms with Gasteiger partial charge in [0.25, 0.3) is 0 Å². The number of carbonyl (C=O) groups excluding carboxylic acids is 1. The highest BCUT2D eigenvalue weighted by Crippen LogP contribution is 2.27. The molecule has 0 saturated carbocycles. The van der Waals surface area contributed by atoms with Crippen LogP contribution in [-0.4, -0.2) is 12.1 Å². The number of ether oxygens (including phenoxy) is 1. The molecule has 0 aromatic heterocycles. The molecule has 1 fully saturated rings. The van der Waals surface area contributed by atoms with Crippen molar-refractivity contribution in [2.45, 2.75) is 129 Å². The standard InChI is InChI=1S/C22H42O2/c1-3-4-5-6-7-8-9-10-11-12-13-14-15-16-17-18-19-21-20(2)24-22(21)23/h20-21H,3-19H2,1-2H3/t20-,21+/m0/s1. The van der Waals surface area contributed by atoms with Crippen LogP contribution in [-0.2, 0) is 9.53 Å². The molecular weight excluding hydrogens is 296 g/mol. The van der Waals surface area contributed by atoms with Crippen molar-refractivity contribution in [3.8, 4) is 0 Å². The Balaban J connectivity index is 1.68. The summed E-state index contributed by atoms with van der Waals surface area (Å²) in [6.45, 7) is 4.30. The van der Waals surface area contributed by atoms with Gasteiger partial charge in [-0.05, 0) is 13.3 Å². The minimum Gasteiger partial charge on any atom is -0.461 e. The molecule has 1 aliphatic heterocycles. The number of hydrogen-bond donors (Lipinski definition) is 0. The van der Waals surface area contributed by atoms with Crippen LogP contribution in [0.5, 0.6) is 0 Å². The van der Waals surface area contributed by atoms with Gasteiger partial charge in [-0.3, -0.25) is 4.79 Å². The summed E-state index contributed by atoms with van der Waals surface area (Å²) in [5, 5.41) is 0. The molecule has 2 heteroatoms. The summed E-state index contributed by atoms with van der Waals surface area (Å²) in [6.07, 6.45) is 23.6. The van der Waals surface area contributed by atoms with Gasteiger partial charge in [-0.1, -0.05) is 110 Å². The first-order chi connectivity index (χ1) is 11.8. The van der Waals surface area contributed by atoms with Gasteiger partial charge in [0.05, 0.1) is 5.92 Å². The summed E-state index contributed by atoms with van der Waals surface area (Å²) >= 11 is 0. The van der Waals surface area contributed by atoms with Crippen LogP contribution in [0.1, 0.15) is 123 Å². The Morgan fingerprint density at radius 3 is 1.38 bits per heavy atom. The fourth-order valence-corrected chi connectivity index (χ4v) is 3.74. The second-order valence-electron chi connectivity index (χ2n) is 7.84. The van der Waals surface area contributed by atoms with Gasteiger partial charge < -0.3 is 4.74 Å². The van der Waals surface area contributed by atoms with E-state index in [2.05, 4.69) is 6.92 Å². The molecule has 24 heavy (non-hydrogen) atoms. The summed E-state index contributed by atoms with van der Waals surface area (Å²) < 4.78 is 4.99. The van der Waals surface area contributed by atoms with Crippen molar-refractivity contribution in [2.75, 3.05) is 0 Å². The third-order valence-electron chi connectivity index (χ3n) is 5.54. The third kappa shape index (κ3) is 10.4. The Morgan fingerprint density at radius 2 is 1.04 bits per heavy atom. The van der Waals surface area contributed by atoms with Crippen molar-refractivity contribution >= 4 is 5.97 Å². The van der Waals surface area contributed by atoms with Gasteiger partial charge in [-0.2, -0.15) is 0 Å². The Bertz CT molecular complexity index is 300. The average Bonchev–Trinajstić information content (AvgIpc) is 2.57. The molecule has 142 valence electrons. The first-order valence-corrected chi connectivity index (χ1v) is 11.0. The molecule has 2 atom stereocenters. The second kappa shape index (κ2) is 14.8. The highest BCUT2D eigenvalue weighted by molar-refractivity contribution is 5.78. The Morgan fingerprint density at radius 1 is 0.667 bits per heavy atom. The highest BCUT2D eigenvalue weighted by Gasteiger charge is 2.37. The van der Waals surface area contributed by atoms with Crippen LogP contribution >= 0.6 is 0 Å². The molecule has 1 heterocycles. The van der Waals surface area contributed by atoms with Gasteiger partial charge in [0.2, 0.25) is 0 Å². The van der Waals surface area contributed by atoms with E-state index in [1.54, 1.807) is 0 Å².